The van der Waals surface area contributed by atoms with Crippen LogP contribution >= 0.6 is 11.3 Å². The summed E-state index contributed by atoms with van der Waals surface area (Å²) in [5.41, 5.74) is 2.25. The van der Waals surface area contributed by atoms with Crippen LogP contribution in [0.1, 0.15) is 28.3 Å². The van der Waals surface area contributed by atoms with Gasteiger partial charge in [-0.1, -0.05) is 0 Å². The number of rotatable bonds is 6. The van der Waals surface area contributed by atoms with Gasteiger partial charge in [0.1, 0.15) is 0 Å². The number of hydrogen-bond acceptors (Lipinski definition) is 4. The Balaban J connectivity index is 2.15. The summed E-state index contributed by atoms with van der Waals surface area (Å²) in [7, 11) is 1.64. The van der Waals surface area contributed by atoms with Gasteiger partial charge < -0.3 is 14.6 Å². The molecule has 0 amide bonds. The van der Waals surface area contributed by atoms with Crippen LogP contribution < -0.4 is 10.9 Å². The van der Waals surface area contributed by atoms with Crippen LogP contribution in [0.4, 0.5) is 5.69 Å². The highest BCUT2D eigenvalue weighted by molar-refractivity contribution is 7.12. The van der Waals surface area contributed by atoms with Crippen molar-refractivity contribution >= 4 is 17.0 Å². The second kappa shape index (κ2) is 6.91. The molecule has 0 radical (unpaired) electrons. The van der Waals surface area contributed by atoms with Gasteiger partial charge in [-0.3, -0.25) is 4.79 Å². The summed E-state index contributed by atoms with van der Waals surface area (Å²) in [6.45, 7) is 7.50. The lowest BCUT2D eigenvalue weighted by Gasteiger charge is -2.16. The highest BCUT2D eigenvalue weighted by Gasteiger charge is 2.11. The van der Waals surface area contributed by atoms with E-state index in [0.717, 1.165) is 5.69 Å². The molecule has 21 heavy (non-hydrogen) atoms. The Hall–Kier alpha value is -1.59. The maximum absolute atomic E-state index is 11.8. The molecule has 0 aliphatic heterocycles. The first kappa shape index (κ1) is 15.8. The number of thiophene rings is 1. The lowest BCUT2D eigenvalue weighted by molar-refractivity contribution is 0.186. The smallest absolute Gasteiger partial charge is 0.250 e. The Bertz CT molecular complexity index is 661. The maximum atomic E-state index is 11.8. The molecule has 0 spiro atoms. The lowest BCUT2D eigenvalue weighted by Crippen LogP contribution is -2.21. The van der Waals surface area contributed by atoms with Gasteiger partial charge in [-0.05, 0) is 38.5 Å². The number of hydrogen-bond donors (Lipinski definition) is 1. The van der Waals surface area contributed by atoms with E-state index in [-0.39, 0.29) is 11.6 Å². The van der Waals surface area contributed by atoms with E-state index < -0.39 is 0 Å². The molecule has 114 valence electrons. The SMILES string of the molecule is COCCn1cc(NC(C)c2cc(C)sc2C)ccc1=O. The zero-order valence-corrected chi connectivity index (χ0v) is 13.8. The molecular formula is C16H22N2O2S. The predicted molar refractivity (Wildman–Crippen MR) is 88.4 cm³/mol. The van der Waals surface area contributed by atoms with Gasteiger partial charge in [-0.15, -0.1) is 11.3 Å². The molecule has 2 aromatic heterocycles. The Kier molecular flexibility index (Phi) is 5.20. The van der Waals surface area contributed by atoms with Crippen molar-refractivity contribution in [2.75, 3.05) is 19.0 Å². The van der Waals surface area contributed by atoms with Crippen LogP contribution in [0.2, 0.25) is 0 Å². The largest absolute Gasteiger partial charge is 0.383 e. The third-order valence-electron chi connectivity index (χ3n) is 3.45. The van der Waals surface area contributed by atoms with Gasteiger partial charge in [0.25, 0.3) is 5.56 Å². The molecule has 1 unspecified atom stereocenters. The first-order valence-electron chi connectivity index (χ1n) is 7.04. The van der Waals surface area contributed by atoms with Crippen LogP contribution in [0.3, 0.4) is 0 Å². The number of methoxy groups -OCH3 is 1. The van der Waals surface area contributed by atoms with Gasteiger partial charge in [0, 0.05) is 41.7 Å². The summed E-state index contributed by atoms with van der Waals surface area (Å²) in [5, 5.41) is 3.46. The van der Waals surface area contributed by atoms with Gasteiger partial charge in [0.15, 0.2) is 0 Å². The van der Waals surface area contributed by atoms with E-state index >= 15 is 0 Å². The Morgan fingerprint density at radius 3 is 2.76 bits per heavy atom. The van der Waals surface area contributed by atoms with E-state index in [1.165, 1.54) is 15.3 Å². The summed E-state index contributed by atoms with van der Waals surface area (Å²) in [6, 6.07) is 5.86. The zero-order chi connectivity index (χ0) is 15.4. The van der Waals surface area contributed by atoms with Crippen LogP contribution in [0.25, 0.3) is 0 Å². The topological polar surface area (TPSA) is 43.3 Å². The van der Waals surface area contributed by atoms with E-state index in [0.29, 0.717) is 13.2 Å². The maximum Gasteiger partial charge on any atom is 0.250 e. The predicted octanol–water partition coefficient (Wildman–Crippen LogP) is 3.35. The zero-order valence-electron chi connectivity index (χ0n) is 13.0. The van der Waals surface area contributed by atoms with Crippen molar-refractivity contribution in [2.45, 2.75) is 33.4 Å². The fourth-order valence-corrected chi connectivity index (χ4v) is 3.41. The number of aromatic nitrogens is 1. The van der Waals surface area contributed by atoms with E-state index in [4.69, 9.17) is 4.74 Å². The Morgan fingerprint density at radius 1 is 1.38 bits per heavy atom. The van der Waals surface area contributed by atoms with Gasteiger partial charge in [-0.2, -0.15) is 0 Å². The molecule has 2 rings (SSSR count). The molecule has 2 heterocycles. The number of ether oxygens (including phenoxy) is 1. The summed E-state index contributed by atoms with van der Waals surface area (Å²) in [6.07, 6.45) is 1.85. The van der Waals surface area contributed by atoms with Gasteiger partial charge in [-0.25, -0.2) is 0 Å². The van der Waals surface area contributed by atoms with Gasteiger partial charge in [0.2, 0.25) is 0 Å². The minimum atomic E-state index is -0.00666. The molecule has 1 atom stereocenters. The van der Waals surface area contributed by atoms with Crippen molar-refractivity contribution < 1.29 is 4.74 Å². The number of pyridine rings is 1. The second-order valence-corrected chi connectivity index (χ2v) is 6.64. The lowest BCUT2D eigenvalue weighted by atomic mass is 10.1. The molecule has 5 heteroatoms. The molecule has 0 aliphatic carbocycles. The number of nitrogens with zero attached hydrogens (tertiary/aromatic N) is 1. The van der Waals surface area contributed by atoms with Crippen molar-refractivity contribution in [3.8, 4) is 0 Å². The van der Waals surface area contributed by atoms with Crippen molar-refractivity contribution in [2.24, 2.45) is 0 Å². The van der Waals surface area contributed by atoms with E-state index in [2.05, 4.69) is 32.2 Å². The van der Waals surface area contributed by atoms with Gasteiger partial charge in [0.05, 0.1) is 12.3 Å². The average molecular weight is 306 g/mol. The monoisotopic (exact) mass is 306 g/mol. The average Bonchev–Trinajstić information content (AvgIpc) is 2.78. The van der Waals surface area contributed by atoms with Crippen molar-refractivity contribution in [1.29, 1.82) is 0 Å². The minimum Gasteiger partial charge on any atom is -0.383 e. The van der Waals surface area contributed by atoms with Crippen molar-refractivity contribution in [3.05, 3.63) is 50.1 Å². The molecule has 0 saturated carbocycles. The first-order valence-corrected chi connectivity index (χ1v) is 7.86. The quantitative estimate of drug-likeness (QED) is 0.890. The third kappa shape index (κ3) is 3.95. The van der Waals surface area contributed by atoms with E-state index in [1.54, 1.807) is 17.7 Å². The molecule has 0 saturated heterocycles. The Morgan fingerprint density at radius 2 is 2.14 bits per heavy atom. The highest BCUT2D eigenvalue weighted by atomic mass is 32.1. The van der Waals surface area contributed by atoms with Crippen LogP contribution in [-0.4, -0.2) is 18.3 Å². The number of nitrogens with one attached hydrogen (secondary N) is 1. The summed E-state index contributed by atoms with van der Waals surface area (Å²) < 4.78 is 6.70. The summed E-state index contributed by atoms with van der Waals surface area (Å²) in [5.74, 6) is 0. The normalized spacial score (nSPS) is 12.4. The van der Waals surface area contributed by atoms with Crippen LogP contribution in [0.5, 0.6) is 0 Å². The summed E-state index contributed by atoms with van der Waals surface area (Å²) >= 11 is 1.81. The standard InChI is InChI=1S/C16H22N2O2S/c1-11-9-15(13(3)21-11)12(2)17-14-5-6-16(19)18(10-14)7-8-20-4/h5-6,9-10,12,17H,7-8H2,1-4H3. The molecule has 1 N–H and O–H groups in total. The molecule has 0 aliphatic rings. The molecule has 2 aromatic rings. The summed E-state index contributed by atoms with van der Waals surface area (Å²) in [4.78, 5) is 14.4. The van der Waals surface area contributed by atoms with Crippen molar-refractivity contribution in [3.63, 3.8) is 0 Å². The van der Waals surface area contributed by atoms with Crippen LogP contribution in [0.15, 0.2) is 29.2 Å². The Labute approximate surface area is 129 Å². The highest BCUT2D eigenvalue weighted by Crippen LogP contribution is 2.28. The van der Waals surface area contributed by atoms with Gasteiger partial charge >= 0.3 is 0 Å². The van der Waals surface area contributed by atoms with Crippen molar-refractivity contribution in [1.82, 2.24) is 4.57 Å². The number of aryl methyl sites for hydroxylation is 2. The number of anilines is 1. The molecule has 0 fully saturated rings. The van der Waals surface area contributed by atoms with E-state index in [1.807, 2.05) is 23.6 Å². The second-order valence-electron chi connectivity index (χ2n) is 5.18. The molecule has 4 nitrogen and oxygen atoms in total. The molecule has 0 aromatic carbocycles. The minimum absolute atomic E-state index is 0.00666. The molecular weight excluding hydrogens is 284 g/mol. The first-order chi connectivity index (χ1) is 10.0. The fourth-order valence-electron chi connectivity index (χ4n) is 2.39. The van der Waals surface area contributed by atoms with E-state index in [9.17, 15) is 4.79 Å². The van der Waals surface area contributed by atoms with Crippen LogP contribution in [-0.2, 0) is 11.3 Å². The molecule has 0 bridgehead atoms. The van der Waals surface area contributed by atoms with Crippen LogP contribution in [0, 0.1) is 13.8 Å². The third-order valence-corrected chi connectivity index (χ3v) is 4.43. The fraction of sp³-hybridized carbons (Fsp3) is 0.438.